The van der Waals surface area contributed by atoms with Crippen molar-refractivity contribution in [2.24, 2.45) is 0 Å². The van der Waals surface area contributed by atoms with Crippen molar-refractivity contribution in [1.29, 1.82) is 0 Å². The number of ether oxygens (including phenoxy) is 1. The number of furan rings is 1. The number of rotatable bonds is 10. The lowest BCUT2D eigenvalue weighted by Crippen LogP contribution is -2.29. The molecule has 8 nitrogen and oxygen atoms in total. The van der Waals surface area contributed by atoms with Gasteiger partial charge in [-0.1, -0.05) is 13.3 Å². The van der Waals surface area contributed by atoms with Gasteiger partial charge in [-0.25, -0.2) is 17.9 Å². The van der Waals surface area contributed by atoms with Crippen LogP contribution in [-0.4, -0.2) is 33.4 Å². The second kappa shape index (κ2) is 9.89. The Balaban J connectivity index is 1.87. The molecule has 146 valence electrons. The summed E-state index contributed by atoms with van der Waals surface area (Å²) in [5.74, 6) is -0.595. The predicted octanol–water partition coefficient (Wildman–Crippen LogP) is 1.83. The monoisotopic (exact) mass is 394 g/mol. The molecule has 0 spiro atoms. The van der Waals surface area contributed by atoms with Gasteiger partial charge < -0.3 is 14.5 Å². The lowest BCUT2D eigenvalue weighted by atomic mass is 10.2. The molecule has 1 aromatic carbocycles. The van der Waals surface area contributed by atoms with Crippen LogP contribution >= 0.6 is 0 Å². The van der Waals surface area contributed by atoms with E-state index in [1.807, 2.05) is 6.92 Å². The van der Waals surface area contributed by atoms with Gasteiger partial charge in [-0.05, 0) is 42.8 Å². The van der Waals surface area contributed by atoms with Crippen LogP contribution in [0.4, 0.5) is 0 Å². The predicted molar refractivity (Wildman–Crippen MR) is 97.4 cm³/mol. The van der Waals surface area contributed by atoms with Crippen LogP contribution in [0.25, 0.3) is 0 Å². The zero-order valence-corrected chi connectivity index (χ0v) is 15.8. The maximum atomic E-state index is 12.2. The van der Waals surface area contributed by atoms with Gasteiger partial charge in [0.2, 0.25) is 10.0 Å². The van der Waals surface area contributed by atoms with Crippen LogP contribution in [0.2, 0.25) is 0 Å². The minimum Gasteiger partial charge on any atom is -0.468 e. The number of benzene rings is 1. The summed E-state index contributed by atoms with van der Waals surface area (Å²) in [4.78, 5) is 23.5. The molecule has 1 heterocycles. The van der Waals surface area contributed by atoms with Crippen molar-refractivity contribution in [3.8, 4) is 0 Å². The third kappa shape index (κ3) is 6.54. The number of sulfonamides is 1. The molecule has 9 heteroatoms. The van der Waals surface area contributed by atoms with Crippen LogP contribution in [0.15, 0.2) is 52.0 Å². The first kappa shape index (κ1) is 20.7. The Labute approximate surface area is 157 Å². The van der Waals surface area contributed by atoms with E-state index in [0.29, 0.717) is 12.3 Å². The summed E-state index contributed by atoms with van der Waals surface area (Å²) in [7, 11) is -3.74. The summed E-state index contributed by atoms with van der Waals surface area (Å²) >= 11 is 0. The first-order valence-electron chi connectivity index (χ1n) is 8.48. The molecule has 2 rings (SSSR count). The average Bonchev–Trinajstić information content (AvgIpc) is 3.18. The average molecular weight is 394 g/mol. The largest absolute Gasteiger partial charge is 0.468 e. The van der Waals surface area contributed by atoms with Crippen LogP contribution in [0.1, 0.15) is 35.9 Å². The van der Waals surface area contributed by atoms with Crippen molar-refractivity contribution in [2.75, 3.05) is 13.2 Å². The fourth-order valence-corrected chi connectivity index (χ4v) is 3.10. The summed E-state index contributed by atoms with van der Waals surface area (Å²) in [6.07, 6.45) is 3.25. The Morgan fingerprint density at radius 3 is 2.52 bits per heavy atom. The Hall–Kier alpha value is -2.65. The molecule has 0 bridgehead atoms. The summed E-state index contributed by atoms with van der Waals surface area (Å²) in [5.41, 5.74) is 0.154. The van der Waals surface area contributed by atoms with E-state index in [9.17, 15) is 18.0 Å². The molecular weight excluding hydrogens is 372 g/mol. The molecule has 0 aliphatic heterocycles. The third-order valence-corrected chi connectivity index (χ3v) is 5.02. The van der Waals surface area contributed by atoms with E-state index in [-0.39, 0.29) is 29.5 Å². The van der Waals surface area contributed by atoms with Crippen molar-refractivity contribution in [2.45, 2.75) is 31.2 Å². The standard InChI is InChI=1S/C18H22N2O6S/c1-2-3-10-19-17(21)13-26-18(22)14-6-8-16(9-7-14)27(23,24)20-12-15-5-4-11-25-15/h4-9,11,20H,2-3,10,12-13H2,1H3,(H,19,21). The summed E-state index contributed by atoms with van der Waals surface area (Å²) in [5, 5.41) is 2.63. The van der Waals surface area contributed by atoms with Gasteiger partial charge in [-0.2, -0.15) is 0 Å². The van der Waals surface area contributed by atoms with E-state index < -0.39 is 16.0 Å². The minimum atomic E-state index is -3.74. The normalized spacial score (nSPS) is 11.1. The highest BCUT2D eigenvalue weighted by molar-refractivity contribution is 7.89. The number of hydrogen-bond acceptors (Lipinski definition) is 6. The number of esters is 1. The Kier molecular flexibility index (Phi) is 7.56. The highest BCUT2D eigenvalue weighted by atomic mass is 32.2. The molecule has 1 aromatic heterocycles. The fraction of sp³-hybridized carbons (Fsp3) is 0.333. The van der Waals surface area contributed by atoms with Gasteiger partial charge in [0, 0.05) is 6.54 Å². The topological polar surface area (TPSA) is 115 Å². The number of nitrogens with one attached hydrogen (secondary N) is 2. The van der Waals surface area contributed by atoms with Crippen LogP contribution in [0, 0.1) is 0 Å². The van der Waals surface area contributed by atoms with Crippen molar-refractivity contribution in [1.82, 2.24) is 10.0 Å². The smallest absolute Gasteiger partial charge is 0.338 e. The molecule has 2 aromatic rings. The Morgan fingerprint density at radius 2 is 1.89 bits per heavy atom. The van der Waals surface area contributed by atoms with E-state index in [4.69, 9.17) is 9.15 Å². The maximum Gasteiger partial charge on any atom is 0.338 e. The summed E-state index contributed by atoms with van der Waals surface area (Å²) in [6, 6.07) is 8.57. The quantitative estimate of drug-likeness (QED) is 0.469. The van der Waals surface area contributed by atoms with Crippen molar-refractivity contribution < 1.29 is 27.2 Å². The van der Waals surface area contributed by atoms with Gasteiger partial charge in [0.1, 0.15) is 5.76 Å². The van der Waals surface area contributed by atoms with Crippen molar-refractivity contribution in [3.63, 3.8) is 0 Å². The molecule has 2 N–H and O–H groups in total. The van der Waals surface area contributed by atoms with E-state index in [0.717, 1.165) is 12.8 Å². The number of unbranched alkanes of at least 4 members (excludes halogenated alkanes) is 1. The molecule has 0 saturated carbocycles. The van der Waals surface area contributed by atoms with Gasteiger partial charge in [-0.15, -0.1) is 0 Å². The molecule has 0 saturated heterocycles. The van der Waals surface area contributed by atoms with E-state index in [1.165, 1.54) is 30.5 Å². The van der Waals surface area contributed by atoms with Gasteiger partial charge in [0.25, 0.3) is 5.91 Å². The molecule has 0 unspecified atom stereocenters. The first-order chi connectivity index (χ1) is 12.9. The Bertz CT molecular complexity index is 844. The van der Waals surface area contributed by atoms with Crippen LogP contribution < -0.4 is 10.0 Å². The highest BCUT2D eigenvalue weighted by Gasteiger charge is 2.16. The third-order valence-electron chi connectivity index (χ3n) is 3.60. The van der Waals surface area contributed by atoms with Crippen molar-refractivity contribution in [3.05, 3.63) is 54.0 Å². The molecule has 0 radical (unpaired) electrons. The highest BCUT2D eigenvalue weighted by Crippen LogP contribution is 2.12. The lowest BCUT2D eigenvalue weighted by Gasteiger charge is -2.08. The fourth-order valence-electron chi connectivity index (χ4n) is 2.10. The molecule has 1 amide bonds. The summed E-state index contributed by atoms with van der Waals surface area (Å²) < 4.78 is 36.8. The summed E-state index contributed by atoms with van der Waals surface area (Å²) in [6.45, 7) is 2.17. The lowest BCUT2D eigenvalue weighted by molar-refractivity contribution is -0.124. The van der Waals surface area contributed by atoms with Crippen LogP contribution in [-0.2, 0) is 26.1 Å². The molecular formula is C18H22N2O6S. The maximum absolute atomic E-state index is 12.2. The van der Waals surface area contributed by atoms with E-state index in [2.05, 4.69) is 10.0 Å². The minimum absolute atomic E-state index is 0.00270. The van der Waals surface area contributed by atoms with Gasteiger partial charge in [0.05, 0.1) is 23.3 Å². The van der Waals surface area contributed by atoms with E-state index in [1.54, 1.807) is 12.1 Å². The van der Waals surface area contributed by atoms with Crippen molar-refractivity contribution >= 4 is 21.9 Å². The van der Waals surface area contributed by atoms with Gasteiger partial charge in [0.15, 0.2) is 6.61 Å². The number of carbonyl (C=O) groups excluding carboxylic acids is 2. The first-order valence-corrected chi connectivity index (χ1v) is 9.96. The SMILES string of the molecule is CCCCNC(=O)COC(=O)c1ccc(S(=O)(=O)NCc2ccco2)cc1. The number of carbonyl (C=O) groups is 2. The zero-order chi connectivity index (χ0) is 19.7. The Morgan fingerprint density at radius 1 is 1.15 bits per heavy atom. The van der Waals surface area contributed by atoms with Crippen LogP contribution in [0.3, 0.4) is 0 Å². The molecule has 0 atom stereocenters. The molecule has 0 aliphatic rings. The van der Waals surface area contributed by atoms with Gasteiger partial charge in [-0.3, -0.25) is 4.79 Å². The van der Waals surface area contributed by atoms with E-state index >= 15 is 0 Å². The molecule has 27 heavy (non-hydrogen) atoms. The second-order valence-electron chi connectivity index (χ2n) is 5.71. The second-order valence-corrected chi connectivity index (χ2v) is 7.47. The molecule has 0 fully saturated rings. The number of amides is 1. The molecule has 0 aliphatic carbocycles. The number of hydrogen-bond donors (Lipinski definition) is 2. The zero-order valence-electron chi connectivity index (χ0n) is 14.9. The van der Waals surface area contributed by atoms with Crippen LogP contribution in [0.5, 0.6) is 0 Å². The van der Waals surface area contributed by atoms with Gasteiger partial charge >= 0.3 is 5.97 Å².